The molecule has 160 valence electrons. The minimum Gasteiger partial charge on any atom is -0.490 e. The van der Waals surface area contributed by atoms with E-state index in [1.165, 1.54) is 36.4 Å². The van der Waals surface area contributed by atoms with Gasteiger partial charge in [0.15, 0.2) is 11.6 Å². The SMILES string of the molecule is CC[C@@](O)(COC(=O)c1ccc([N+](=O)[O-])cc1C)c1ccc(F)c(OCC2CC2)c1. The summed E-state index contributed by atoms with van der Waals surface area (Å²) in [5.41, 5.74) is -0.710. The van der Waals surface area contributed by atoms with Crippen molar-refractivity contribution in [1.82, 2.24) is 0 Å². The van der Waals surface area contributed by atoms with Crippen LogP contribution in [-0.2, 0) is 10.3 Å². The number of aliphatic hydroxyl groups is 1. The highest BCUT2D eigenvalue weighted by molar-refractivity contribution is 5.91. The summed E-state index contributed by atoms with van der Waals surface area (Å²) < 4.78 is 24.9. The first-order valence-electron chi connectivity index (χ1n) is 9.81. The van der Waals surface area contributed by atoms with Crippen molar-refractivity contribution in [2.75, 3.05) is 13.2 Å². The Morgan fingerprint density at radius 2 is 2.03 bits per heavy atom. The van der Waals surface area contributed by atoms with E-state index in [1.807, 2.05) is 0 Å². The monoisotopic (exact) mass is 417 g/mol. The zero-order valence-electron chi connectivity index (χ0n) is 16.9. The number of carbonyl (C=O) groups is 1. The predicted molar refractivity (Wildman–Crippen MR) is 107 cm³/mol. The van der Waals surface area contributed by atoms with Gasteiger partial charge in [-0.3, -0.25) is 10.1 Å². The molecule has 8 heteroatoms. The number of aryl methyl sites for hydroxylation is 1. The van der Waals surface area contributed by atoms with Gasteiger partial charge < -0.3 is 14.6 Å². The van der Waals surface area contributed by atoms with Crippen molar-refractivity contribution in [3.05, 3.63) is 69.0 Å². The Kier molecular flexibility index (Phi) is 6.36. The highest BCUT2D eigenvalue weighted by Gasteiger charge is 2.31. The van der Waals surface area contributed by atoms with Crippen LogP contribution >= 0.6 is 0 Å². The second kappa shape index (κ2) is 8.79. The lowest BCUT2D eigenvalue weighted by atomic mass is 9.91. The van der Waals surface area contributed by atoms with Gasteiger partial charge in [0.2, 0.25) is 0 Å². The number of non-ortho nitro benzene ring substituents is 1. The van der Waals surface area contributed by atoms with Gasteiger partial charge in [0.1, 0.15) is 12.2 Å². The van der Waals surface area contributed by atoms with Gasteiger partial charge in [-0.15, -0.1) is 0 Å². The normalized spacial score (nSPS) is 15.3. The van der Waals surface area contributed by atoms with Crippen LogP contribution in [-0.4, -0.2) is 29.2 Å². The Hall–Kier alpha value is -3.00. The summed E-state index contributed by atoms with van der Waals surface area (Å²) in [6.45, 7) is 3.36. The summed E-state index contributed by atoms with van der Waals surface area (Å²) in [7, 11) is 0. The van der Waals surface area contributed by atoms with Crippen molar-refractivity contribution in [2.45, 2.75) is 38.7 Å². The Morgan fingerprint density at radius 1 is 1.30 bits per heavy atom. The molecule has 2 aromatic carbocycles. The molecule has 1 aliphatic rings. The Morgan fingerprint density at radius 3 is 2.63 bits per heavy atom. The standard InChI is InChI=1S/C22H24FNO6/c1-3-22(26,16-6-9-19(23)20(11-16)29-12-15-4-5-15)13-30-21(25)18-8-7-17(24(27)28)10-14(18)2/h6-11,15,26H,3-5,12-13H2,1-2H3/t22-/m1/s1. The van der Waals surface area contributed by atoms with E-state index in [1.54, 1.807) is 13.8 Å². The maximum absolute atomic E-state index is 14.1. The lowest BCUT2D eigenvalue weighted by molar-refractivity contribution is -0.384. The molecule has 1 atom stereocenters. The van der Waals surface area contributed by atoms with Crippen LogP contribution in [0.5, 0.6) is 5.75 Å². The maximum atomic E-state index is 14.1. The number of carbonyl (C=O) groups excluding carboxylic acids is 1. The van der Waals surface area contributed by atoms with E-state index in [4.69, 9.17) is 9.47 Å². The molecule has 3 rings (SSSR count). The van der Waals surface area contributed by atoms with Crippen molar-refractivity contribution < 1.29 is 28.7 Å². The number of benzene rings is 2. The summed E-state index contributed by atoms with van der Waals surface area (Å²) in [5, 5.41) is 21.9. The van der Waals surface area contributed by atoms with Crippen molar-refractivity contribution in [3.8, 4) is 5.75 Å². The first kappa shape index (κ1) is 21.7. The third kappa shape index (κ3) is 4.94. The van der Waals surface area contributed by atoms with Crippen molar-refractivity contribution >= 4 is 11.7 Å². The van der Waals surface area contributed by atoms with Gasteiger partial charge in [-0.05, 0) is 61.4 Å². The van der Waals surface area contributed by atoms with Crippen LogP contribution in [0.1, 0.15) is 47.7 Å². The van der Waals surface area contributed by atoms with Gasteiger partial charge >= 0.3 is 5.97 Å². The number of rotatable bonds is 9. The lowest BCUT2D eigenvalue weighted by Crippen LogP contribution is -2.32. The van der Waals surface area contributed by atoms with Gasteiger partial charge in [0.25, 0.3) is 5.69 Å². The van der Waals surface area contributed by atoms with E-state index in [9.17, 15) is 24.4 Å². The molecule has 0 aliphatic heterocycles. The average molecular weight is 417 g/mol. The summed E-state index contributed by atoms with van der Waals surface area (Å²) in [5.74, 6) is -0.717. The third-order valence-corrected chi connectivity index (χ3v) is 5.31. The summed E-state index contributed by atoms with van der Waals surface area (Å²) in [6.07, 6.45) is 2.35. The van der Waals surface area contributed by atoms with Crippen LogP contribution < -0.4 is 4.74 Å². The topological polar surface area (TPSA) is 98.9 Å². The molecule has 0 radical (unpaired) electrons. The molecule has 1 aliphatic carbocycles. The van der Waals surface area contributed by atoms with Crippen LogP contribution in [0.25, 0.3) is 0 Å². The number of nitro groups is 1. The lowest BCUT2D eigenvalue weighted by Gasteiger charge is -2.27. The molecular weight excluding hydrogens is 393 g/mol. The molecule has 0 bridgehead atoms. The number of nitrogens with zero attached hydrogens (tertiary/aromatic N) is 1. The molecule has 0 heterocycles. The molecule has 1 N–H and O–H groups in total. The number of halogens is 1. The zero-order chi connectivity index (χ0) is 21.9. The summed E-state index contributed by atoms with van der Waals surface area (Å²) in [6, 6.07) is 7.92. The first-order chi connectivity index (χ1) is 14.2. The van der Waals surface area contributed by atoms with E-state index in [0.717, 1.165) is 12.8 Å². The van der Waals surface area contributed by atoms with Crippen LogP contribution in [0.15, 0.2) is 36.4 Å². The van der Waals surface area contributed by atoms with E-state index < -0.39 is 22.3 Å². The van der Waals surface area contributed by atoms with Gasteiger partial charge in [0, 0.05) is 12.1 Å². The smallest absolute Gasteiger partial charge is 0.338 e. The fraction of sp³-hybridized carbons (Fsp3) is 0.409. The molecule has 0 aromatic heterocycles. The average Bonchev–Trinajstić information content (AvgIpc) is 3.55. The number of ether oxygens (including phenoxy) is 2. The first-order valence-corrected chi connectivity index (χ1v) is 9.81. The minimum absolute atomic E-state index is 0.0591. The van der Waals surface area contributed by atoms with E-state index in [2.05, 4.69) is 0 Å². The van der Waals surface area contributed by atoms with Gasteiger partial charge in [-0.25, -0.2) is 9.18 Å². The highest BCUT2D eigenvalue weighted by Crippen LogP contribution is 2.33. The number of hydrogen-bond acceptors (Lipinski definition) is 6. The molecule has 30 heavy (non-hydrogen) atoms. The number of esters is 1. The fourth-order valence-electron chi connectivity index (χ4n) is 3.04. The molecule has 0 spiro atoms. The molecule has 1 saturated carbocycles. The summed E-state index contributed by atoms with van der Waals surface area (Å²) >= 11 is 0. The van der Waals surface area contributed by atoms with Crippen LogP contribution in [0.4, 0.5) is 10.1 Å². The highest BCUT2D eigenvalue weighted by atomic mass is 19.1. The molecule has 7 nitrogen and oxygen atoms in total. The van der Waals surface area contributed by atoms with Crippen molar-refractivity contribution in [3.63, 3.8) is 0 Å². The second-order valence-corrected chi connectivity index (χ2v) is 7.62. The van der Waals surface area contributed by atoms with E-state index >= 15 is 0 Å². The van der Waals surface area contributed by atoms with E-state index in [-0.39, 0.29) is 30.0 Å². The third-order valence-electron chi connectivity index (χ3n) is 5.31. The number of nitro benzene ring substituents is 1. The maximum Gasteiger partial charge on any atom is 0.338 e. The minimum atomic E-state index is -1.53. The van der Waals surface area contributed by atoms with Gasteiger partial charge in [-0.1, -0.05) is 13.0 Å². The van der Waals surface area contributed by atoms with Crippen molar-refractivity contribution in [2.24, 2.45) is 5.92 Å². The van der Waals surface area contributed by atoms with Gasteiger partial charge in [-0.2, -0.15) is 0 Å². The predicted octanol–water partition coefficient (Wildman–Crippen LogP) is 4.29. The molecule has 0 amide bonds. The molecule has 2 aromatic rings. The van der Waals surface area contributed by atoms with Gasteiger partial charge in [0.05, 0.1) is 17.1 Å². The zero-order valence-corrected chi connectivity index (χ0v) is 16.9. The Labute approximate surface area is 173 Å². The Balaban J connectivity index is 1.72. The van der Waals surface area contributed by atoms with Crippen LogP contribution in [0.3, 0.4) is 0 Å². The fourth-order valence-corrected chi connectivity index (χ4v) is 3.04. The Bertz CT molecular complexity index is 959. The molecule has 1 fully saturated rings. The molecule has 0 saturated heterocycles. The van der Waals surface area contributed by atoms with Crippen molar-refractivity contribution in [1.29, 1.82) is 0 Å². The largest absolute Gasteiger partial charge is 0.490 e. The van der Waals surface area contributed by atoms with Crippen LogP contribution in [0, 0.1) is 28.8 Å². The summed E-state index contributed by atoms with van der Waals surface area (Å²) in [4.78, 5) is 22.8. The second-order valence-electron chi connectivity index (χ2n) is 7.62. The van der Waals surface area contributed by atoms with Crippen LogP contribution in [0.2, 0.25) is 0 Å². The van der Waals surface area contributed by atoms with E-state index in [0.29, 0.717) is 23.7 Å². The number of hydrogen-bond donors (Lipinski definition) is 1. The molecular formula is C22H24FNO6. The molecule has 0 unspecified atom stereocenters. The quantitative estimate of drug-likeness (QED) is 0.371.